The fourth-order valence-corrected chi connectivity index (χ4v) is 4.51. The molecule has 0 aliphatic carbocycles. The predicted octanol–water partition coefficient (Wildman–Crippen LogP) is 1.22. The van der Waals surface area contributed by atoms with Crippen LogP contribution in [0.3, 0.4) is 0 Å². The summed E-state index contributed by atoms with van der Waals surface area (Å²) in [4.78, 5) is 49.1. The van der Waals surface area contributed by atoms with Crippen molar-refractivity contribution in [1.29, 1.82) is 0 Å². The number of fused-ring (bicyclic) bond motifs is 1. The lowest BCUT2D eigenvalue weighted by Crippen LogP contribution is -2.70. The molecule has 2 aliphatic rings. The topological polar surface area (TPSA) is 113 Å². The van der Waals surface area contributed by atoms with Gasteiger partial charge in [0.15, 0.2) is 0 Å². The Kier molecular flexibility index (Phi) is 5.46. The van der Waals surface area contributed by atoms with Gasteiger partial charge in [0.2, 0.25) is 0 Å². The first kappa shape index (κ1) is 19.9. The van der Waals surface area contributed by atoms with Gasteiger partial charge in [-0.2, -0.15) is 0 Å². The average Bonchev–Trinajstić information content (AvgIpc) is 2.64. The van der Waals surface area contributed by atoms with Crippen LogP contribution < -0.4 is 5.32 Å². The van der Waals surface area contributed by atoms with Crippen molar-refractivity contribution in [2.75, 3.05) is 12.4 Å². The van der Waals surface area contributed by atoms with Gasteiger partial charge in [0.1, 0.15) is 23.7 Å². The maximum absolute atomic E-state index is 12.6. The van der Waals surface area contributed by atoms with Gasteiger partial charge in [-0.1, -0.05) is 17.7 Å². The monoisotopic (exact) mass is 404 g/mol. The van der Waals surface area contributed by atoms with Crippen molar-refractivity contribution in [2.45, 2.75) is 32.2 Å². The molecule has 3 rings (SSSR count). The molecule has 1 aromatic carbocycles. The Morgan fingerprint density at radius 3 is 2.68 bits per heavy atom. The minimum Gasteiger partial charge on any atom is -0.477 e. The number of carboxylic acid groups (broad SMARTS) is 1. The van der Waals surface area contributed by atoms with E-state index < -0.39 is 29.3 Å². The average molecular weight is 404 g/mol. The van der Waals surface area contributed by atoms with Crippen LogP contribution in [0.1, 0.15) is 28.4 Å². The Bertz CT molecular complexity index is 910. The first-order chi connectivity index (χ1) is 13.2. The second-order valence-corrected chi connectivity index (χ2v) is 7.82. The third-order valence-electron chi connectivity index (χ3n) is 4.62. The molecule has 0 aromatic heterocycles. The van der Waals surface area contributed by atoms with E-state index in [0.717, 1.165) is 16.0 Å². The highest BCUT2D eigenvalue weighted by molar-refractivity contribution is 8.00. The molecule has 0 saturated carbocycles. The molecule has 8 nitrogen and oxygen atoms in total. The minimum atomic E-state index is -1.26. The summed E-state index contributed by atoms with van der Waals surface area (Å²) < 4.78 is 4.90. The van der Waals surface area contributed by atoms with E-state index >= 15 is 0 Å². The molecule has 1 saturated heterocycles. The summed E-state index contributed by atoms with van der Waals surface area (Å²) in [7, 11) is 0. The molecule has 148 valence electrons. The van der Waals surface area contributed by atoms with Crippen molar-refractivity contribution in [3.63, 3.8) is 0 Å². The molecule has 0 spiro atoms. The van der Waals surface area contributed by atoms with Gasteiger partial charge in [-0.15, -0.1) is 11.8 Å². The van der Waals surface area contributed by atoms with Gasteiger partial charge in [0, 0.05) is 23.8 Å². The van der Waals surface area contributed by atoms with E-state index in [1.807, 2.05) is 26.0 Å². The molecule has 1 aromatic rings. The lowest BCUT2D eigenvalue weighted by molar-refractivity contribution is -0.149. The molecule has 0 bridgehead atoms. The number of hydrogen-bond acceptors (Lipinski definition) is 6. The summed E-state index contributed by atoms with van der Waals surface area (Å²) in [5.41, 5.74) is 2.38. The molecule has 0 unspecified atom stereocenters. The summed E-state index contributed by atoms with van der Waals surface area (Å²) in [5.74, 6) is -2.36. The van der Waals surface area contributed by atoms with Crippen molar-refractivity contribution in [3.05, 3.63) is 46.2 Å². The van der Waals surface area contributed by atoms with E-state index in [2.05, 4.69) is 5.32 Å². The summed E-state index contributed by atoms with van der Waals surface area (Å²) >= 11 is 1.33. The van der Waals surface area contributed by atoms with Crippen LogP contribution in [0, 0.1) is 13.8 Å². The van der Waals surface area contributed by atoms with Crippen LogP contribution >= 0.6 is 11.8 Å². The number of esters is 1. The van der Waals surface area contributed by atoms with Crippen molar-refractivity contribution in [2.24, 2.45) is 0 Å². The number of carboxylic acids is 1. The Balaban J connectivity index is 1.78. The van der Waals surface area contributed by atoms with Crippen molar-refractivity contribution >= 4 is 35.5 Å². The zero-order chi connectivity index (χ0) is 20.6. The summed E-state index contributed by atoms with van der Waals surface area (Å²) in [6.45, 7) is 4.73. The Hall–Kier alpha value is -2.81. The molecule has 28 heavy (non-hydrogen) atoms. The summed E-state index contributed by atoms with van der Waals surface area (Å²) in [6.07, 6.45) is 0. The molecule has 9 heteroatoms. The second kappa shape index (κ2) is 7.67. The number of aryl methyl sites for hydroxylation is 2. The number of β-lactam (4-membered cyclic amide) rings is 1. The number of nitrogens with one attached hydrogen (secondary N) is 1. The molecule has 2 amide bonds. The highest BCUT2D eigenvalue weighted by Gasteiger charge is 2.54. The van der Waals surface area contributed by atoms with Gasteiger partial charge in [-0.05, 0) is 25.5 Å². The van der Waals surface area contributed by atoms with Gasteiger partial charge in [-0.3, -0.25) is 19.3 Å². The van der Waals surface area contributed by atoms with Crippen LogP contribution in [0.25, 0.3) is 0 Å². The zero-order valence-corrected chi connectivity index (χ0v) is 16.5. The van der Waals surface area contributed by atoms with Crippen LogP contribution in [-0.2, 0) is 19.1 Å². The third-order valence-corrected chi connectivity index (χ3v) is 5.96. The van der Waals surface area contributed by atoms with E-state index in [4.69, 9.17) is 4.74 Å². The fourth-order valence-electron chi connectivity index (χ4n) is 3.18. The van der Waals surface area contributed by atoms with Crippen LogP contribution in [0.2, 0.25) is 0 Å². The molecular formula is C19H20N2O6S. The summed E-state index contributed by atoms with van der Waals surface area (Å²) in [5, 5.41) is 11.8. The first-order valence-corrected chi connectivity index (χ1v) is 9.67. The number of nitrogens with zero attached hydrogens (tertiary/aromatic N) is 1. The maximum atomic E-state index is 12.6. The number of aliphatic carboxylic acids is 1. The number of ether oxygens (including phenoxy) is 1. The number of hydrogen-bond donors (Lipinski definition) is 2. The van der Waals surface area contributed by atoms with E-state index in [-0.39, 0.29) is 18.2 Å². The smallest absolute Gasteiger partial charge is 0.352 e. The highest BCUT2D eigenvalue weighted by Crippen LogP contribution is 2.40. The predicted molar refractivity (Wildman–Crippen MR) is 102 cm³/mol. The Morgan fingerprint density at radius 1 is 1.32 bits per heavy atom. The molecular weight excluding hydrogens is 384 g/mol. The van der Waals surface area contributed by atoms with Crippen molar-refractivity contribution in [3.8, 4) is 0 Å². The molecule has 2 N–H and O–H groups in total. The van der Waals surface area contributed by atoms with Crippen LogP contribution in [0.5, 0.6) is 0 Å². The lowest BCUT2D eigenvalue weighted by atomic mass is 10.0. The number of carbonyl (C=O) groups is 4. The fraction of sp³-hybridized carbons (Fsp3) is 0.368. The zero-order valence-electron chi connectivity index (χ0n) is 15.6. The first-order valence-electron chi connectivity index (χ1n) is 8.62. The number of thioether (sulfide) groups is 1. The van der Waals surface area contributed by atoms with E-state index in [0.29, 0.717) is 16.9 Å². The van der Waals surface area contributed by atoms with Crippen LogP contribution in [0.15, 0.2) is 29.5 Å². The van der Waals surface area contributed by atoms with Crippen LogP contribution in [0.4, 0.5) is 0 Å². The Morgan fingerprint density at radius 2 is 2.04 bits per heavy atom. The molecule has 2 atom stereocenters. The molecule has 2 aliphatic heterocycles. The van der Waals surface area contributed by atoms with Gasteiger partial charge in [0.25, 0.3) is 11.8 Å². The maximum Gasteiger partial charge on any atom is 0.352 e. The standard InChI is InChI=1S/C19H20N2O6S/c1-9-4-5-10(2)13(6-9)16(23)20-14-17(24)21-15(19(25)26)12(7-27-11(3)22)8-28-18(14)21/h4-6,14,18H,7-8H2,1-3H3,(H,20,23)(H,25,26)/t14-,18-/m0/s1. The van der Waals surface area contributed by atoms with E-state index in [1.54, 1.807) is 6.07 Å². The van der Waals surface area contributed by atoms with Gasteiger partial charge < -0.3 is 15.2 Å². The largest absolute Gasteiger partial charge is 0.477 e. The van der Waals surface area contributed by atoms with E-state index in [9.17, 15) is 24.3 Å². The highest BCUT2D eigenvalue weighted by atomic mass is 32.2. The van der Waals surface area contributed by atoms with Crippen molar-refractivity contribution < 1.29 is 29.0 Å². The molecule has 2 heterocycles. The minimum absolute atomic E-state index is 0.174. The number of benzene rings is 1. The SMILES string of the molecule is CC(=O)OCC1=C(C(=O)O)N2C(=O)[C@H](NC(=O)c3cc(C)ccc3C)[C@@H]2SC1. The number of amides is 2. The second-order valence-electron chi connectivity index (χ2n) is 6.72. The lowest BCUT2D eigenvalue weighted by Gasteiger charge is -2.49. The van der Waals surface area contributed by atoms with Gasteiger partial charge in [-0.25, -0.2) is 4.79 Å². The van der Waals surface area contributed by atoms with Crippen LogP contribution in [-0.4, -0.2) is 57.5 Å². The molecule has 0 radical (unpaired) electrons. The molecule has 1 fully saturated rings. The quantitative estimate of drug-likeness (QED) is 0.560. The number of carbonyl (C=O) groups excluding carboxylic acids is 3. The summed E-state index contributed by atoms with van der Waals surface area (Å²) in [6, 6.07) is 4.68. The normalized spacial score (nSPS) is 21.0. The number of rotatable bonds is 5. The van der Waals surface area contributed by atoms with Crippen molar-refractivity contribution in [1.82, 2.24) is 10.2 Å². The Labute approximate surface area is 165 Å². The third kappa shape index (κ3) is 3.62. The van der Waals surface area contributed by atoms with E-state index in [1.165, 1.54) is 18.7 Å². The van der Waals surface area contributed by atoms with Gasteiger partial charge in [0.05, 0.1) is 0 Å². The van der Waals surface area contributed by atoms with Gasteiger partial charge >= 0.3 is 11.9 Å².